The van der Waals surface area contributed by atoms with Crippen molar-refractivity contribution in [1.29, 1.82) is 0 Å². The summed E-state index contributed by atoms with van der Waals surface area (Å²) in [7, 11) is 3.05. The summed E-state index contributed by atoms with van der Waals surface area (Å²) < 4.78 is 4.93. The fraction of sp³-hybridized carbons (Fsp3) is 0.500. The second-order valence-corrected chi connectivity index (χ2v) is 6.58. The molecule has 136 valence electrons. The minimum absolute atomic E-state index is 0.0347. The number of carbonyl (C=O) groups excluding carboxylic acids is 3. The van der Waals surface area contributed by atoms with Crippen LogP contribution in [0, 0.1) is 0 Å². The number of rotatable bonds is 4. The molecule has 0 bridgehead atoms. The van der Waals surface area contributed by atoms with Gasteiger partial charge in [-0.2, -0.15) is 0 Å². The highest BCUT2D eigenvalue weighted by Crippen LogP contribution is 2.24. The summed E-state index contributed by atoms with van der Waals surface area (Å²) in [6, 6.07) is 8.76. The lowest BCUT2D eigenvalue weighted by Crippen LogP contribution is -2.58. The second kappa shape index (κ2) is 7.55. The molecule has 7 nitrogen and oxygen atoms in total. The Bertz CT molecular complexity index is 649. The Morgan fingerprint density at radius 3 is 2.52 bits per heavy atom. The van der Waals surface area contributed by atoms with E-state index in [1.807, 2.05) is 37.3 Å². The number of urea groups is 1. The molecule has 0 spiro atoms. The van der Waals surface area contributed by atoms with Crippen molar-refractivity contribution < 1.29 is 19.1 Å². The molecular formula is C18H25N3O4. The minimum Gasteiger partial charge on any atom is -0.468 e. The molecule has 1 aliphatic rings. The van der Waals surface area contributed by atoms with E-state index in [-0.39, 0.29) is 31.1 Å². The molecule has 1 aromatic carbocycles. The zero-order valence-electron chi connectivity index (χ0n) is 15.1. The van der Waals surface area contributed by atoms with Crippen LogP contribution in [0.2, 0.25) is 0 Å². The SMILES string of the molecule is COC(=O)[C@@](C)(CNC(=O)N1CC(=O)N(C)[C@@H](C)C1)c1ccccc1. The highest BCUT2D eigenvalue weighted by atomic mass is 16.5. The lowest BCUT2D eigenvalue weighted by molar-refractivity contribution is -0.146. The quantitative estimate of drug-likeness (QED) is 0.824. The van der Waals surface area contributed by atoms with Crippen LogP contribution in [0.25, 0.3) is 0 Å². The number of carbonyl (C=O) groups is 3. The van der Waals surface area contributed by atoms with Gasteiger partial charge in [0, 0.05) is 26.2 Å². The maximum absolute atomic E-state index is 12.5. The van der Waals surface area contributed by atoms with E-state index in [2.05, 4.69) is 5.32 Å². The number of benzene rings is 1. The molecular weight excluding hydrogens is 322 g/mol. The van der Waals surface area contributed by atoms with Crippen LogP contribution in [0.4, 0.5) is 4.79 Å². The lowest BCUT2D eigenvalue weighted by Gasteiger charge is -2.37. The van der Waals surface area contributed by atoms with Crippen molar-refractivity contribution >= 4 is 17.9 Å². The van der Waals surface area contributed by atoms with Gasteiger partial charge >= 0.3 is 12.0 Å². The van der Waals surface area contributed by atoms with Crippen molar-refractivity contribution in [2.75, 3.05) is 33.8 Å². The number of piperazine rings is 1. The normalized spacial score (nSPS) is 20.0. The first-order chi connectivity index (χ1) is 11.8. The van der Waals surface area contributed by atoms with Gasteiger partial charge in [-0.1, -0.05) is 30.3 Å². The minimum atomic E-state index is -1.01. The van der Waals surface area contributed by atoms with Crippen molar-refractivity contribution in [3.63, 3.8) is 0 Å². The fourth-order valence-electron chi connectivity index (χ4n) is 2.87. The molecule has 0 radical (unpaired) electrons. The van der Waals surface area contributed by atoms with Crippen LogP contribution in [0.5, 0.6) is 0 Å². The Morgan fingerprint density at radius 1 is 1.32 bits per heavy atom. The van der Waals surface area contributed by atoms with Crippen LogP contribution in [0.15, 0.2) is 30.3 Å². The van der Waals surface area contributed by atoms with E-state index in [4.69, 9.17) is 4.74 Å². The number of nitrogens with zero attached hydrogens (tertiary/aromatic N) is 2. The molecule has 0 saturated carbocycles. The van der Waals surface area contributed by atoms with Gasteiger partial charge in [-0.3, -0.25) is 9.59 Å². The number of nitrogens with one attached hydrogen (secondary N) is 1. The number of esters is 1. The van der Waals surface area contributed by atoms with Gasteiger partial charge in [0.05, 0.1) is 7.11 Å². The number of hydrogen-bond acceptors (Lipinski definition) is 4. The third-order valence-corrected chi connectivity index (χ3v) is 4.79. The maximum atomic E-state index is 12.5. The first-order valence-corrected chi connectivity index (χ1v) is 8.22. The summed E-state index contributed by atoms with van der Waals surface area (Å²) in [5.41, 5.74) is -0.251. The molecule has 1 saturated heterocycles. The van der Waals surface area contributed by atoms with Crippen LogP contribution in [-0.2, 0) is 19.7 Å². The molecule has 7 heteroatoms. The maximum Gasteiger partial charge on any atom is 0.317 e. The summed E-state index contributed by atoms with van der Waals surface area (Å²) in [4.78, 5) is 39.8. The van der Waals surface area contributed by atoms with Gasteiger partial charge in [0.25, 0.3) is 0 Å². The number of amides is 3. The summed E-state index contributed by atoms with van der Waals surface area (Å²) in [5, 5.41) is 2.78. The Hall–Kier alpha value is -2.57. The van der Waals surface area contributed by atoms with Gasteiger partial charge in [-0.15, -0.1) is 0 Å². The molecule has 25 heavy (non-hydrogen) atoms. The van der Waals surface area contributed by atoms with E-state index >= 15 is 0 Å². The van der Waals surface area contributed by atoms with Crippen molar-refractivity contribution in [2.45, 2.75) is 25.3 Å². The number of ether oxygens (including phenoxy) is 1. The van der Waals surface area contributed by atoms with E-state index in [0.717, 1.165) is 5.56 Å². The van der Waals surface area contributed by atoms with E-state index in [1.54, 1.807) is 18.9 Å². The third kappa shape index (κ3) is 3.92. The molecule has 1 heterocycles. The molecule has 1 aliphatic heterocycles. The van der Waals surface area contributed by atoms with Crippen molar-refractivity contribution in [1.82, 2.24) is 15.1 Å². The summed E-state index contributed by atoms with van der Waals surface area (Å²) >= 11 is 0. The van der Waals surface area contributed by atoms with Gasteiger partial charge in [0.15, 0.2) is 0 Å². The Labute approximate surface area is 147 Å². The number of hydrogen-bond donors (Lipinski definition) is 1. The molecule has 0 aromatic heterocycles. The molecule has 1 fully saturated rings. The van der Waals surface area contributed by atoms with Crippen molar-refractivity contribution in [3.8, 4) is 0 Å². The highest BCUT2D eigenvalue weighted by Gasteiger charge is 2.38. The smallest absolute Gasteiger partial charge is 0.317 e. The van der Waals surface area contributed by atoms with Gasteiger partial charge in [-0.05, 0) is 19.4 Å². The summed E-state index contributed by atoms with van der Waals surface area (Å²) in [6.07, 6.45) is 0. The molecule has 0 aliphatic carbocycles. The topological polar surface area (TPSA) is 79.0 Å². The Morgan fingerprint density at radius 2 is 1.96 bits per heavy atom. The molecule has 1 aromatic rings. The largest absolute Gasteiger partial charge is 0.468 e. The second-order valence-electron chi connectivity index (χ2n) is 6.58. The Balaban J connectivity index is 2.09. The summed E-state index contributed by atoms with van der Waals surface area (Å²) in [6.45, 7) is 4.19. The van der Waals surface area contributed by atoms with Crippen LogP contribution >= 0.6 is 0 Å². The van der Waals surface area contributed by atoms with E-state index in [1.165, 1.54) is 12.0 Å². The van der Waals surface area contributed by atoms with E-state index < -0.39 is 11.4 Å². The zero-order chi connectivity index (χ0) is 18.6. The van der Waals surface area contributed by atoms with Gasteiger partial charge < -0.3 is 19.9 Å². The first kappa shape index (κ1) is 18.8. The fourth-order valence-corrected chi connectivity index (χ4v) is 2.87. The van der Waals surface area contributed by atoms with Crippen LogP contribution < -0.4 is 5.32 Å². The van der Waals surface area contributed by atoms with Crippen molar-refractivity contribution in [3.05, 3.63) is 35.9 Å². The molecule has 2 atom stereocenters. The number of methoxy groups -OCH3 is 1. The molecule has 0 unspecified atom stereocenters. The standard InChI is InChI=1S/C18H25N3O4/c1-13-10-21(11-15(22)20(13)3)17(24)19-12-18(2,16(23)25-4)14-8-6-5-7-9-14/h5-9,13H,10-12H2,1-4H3,(H,19,24)/t13-,18-/m0/s1. The van der Waals surface area contributed by atoms with Crippen LogP contribution in [-0.4, -0.2) is 67.5 Å². The van der Waals surface area contributed by atoms with Crippen molar-refractivity contribution in [2.24, 2.45) is 0 Å². The first-order valence-electron chi connectivity index (χ1n) is 8.22. The van der Waals surface area contributed by atoms with E-state index in [9.17, 15) is 14.4 Å². The molecule has 3 amide bonds. The van der Waals surface area contributed by atoms with E-state index in [0.29, 0.717) is 6.54 Å². The molecule has 1 N–H and O–H groups in total. The van der Waals surface area contributed by atoms with Gasteiger partial charge in [0.1, 0.15) is 12.0 Å². The van der Waals surface area contributed by atoms with Gasteiger partial charge in [0.2, 0.25) is 5.91 Å². The van der Waals surface area contributed by atoms with Crippen LogP contribution in [0.1, 0.15) is 19.4 Å². The predicted molar refractivity (Wildman–Crippen MR) is 93.0 cm³/mol. The monoisotopic (exact) mass is 347 g/mol. The number of likely N-dealkylation sites (N-methyl/N-ethyl adjacent to an activating group) is 1. The third-order valence-electron chi connectivity index (χ3n) is 4.79. The Kier molecular flexibility index (Phi) is 5.66. The average molecular weight is 347 g/mol. The highest BCUT2D eigenvalue weighted by molar-refractivity contribution is 5.87. The average Bonchev–Trinajstić information content (AvgIpc) is 2.63. The molecule has 2 rings (SSSR count). The van der Waals surface area contributed by atoms with Gasteiger partial charge in [-0.25, -0.2) is 4.79 Å². The van der Waals surface area contributed by atoms with Crippen LogP contribution in [0.3, 0.4) is 0 Å². The summed E-state index contributed by atoms with van der Waals surface area (Å²) in [5.74, 6) is -0.533. The predicted octanol–water partition coefficient (Wildman–Crippen LogP) is 0.989. The lowest BCUT2D eigenvalue weighted by atomic mass is 9.82. The zero-order valence-corrected chi connectivity index (χ0v) is 15.1.